The van der Waals surface area contributed by atoms with E-state index in [1.807, 2.05) is 24.3 Å². The van der Waals surface area contributed by atoms with Crippen LogP contribution in [0.15, 0.2) is 58.0 Å². The number of non-ortho nitro benzene ring substituents is 1. The van der Waals surface area contributed by atoms with Crippen molar-refractivity contribution in [1.29, 1.82) is 0 Å². The fourth-order valence-corrected chi connectivity index (χ4v) is 2.32. The zero-order valence-corrected chi connectivity index (χ0v) is 13.4. The Balaban J connectivity index is 1.71. The van der Waals surface area contributed by atoms with Crippen LogP contribution in [0.3, 0.4) is 0 Å². The largest absolute Gasteiger partial charge is 0.451 e. The van der Waals surface area contributed by atoms with Crippen LogP contribution in [-0.4, -0.2) is 17.0 Å². The highest BCUT2D eigenvalue weighted by molar-refractivity contribution is 5.97. The molecule has 25 heavy (non-hydrogen) atoms. The SMILES string of the molecule is CCc1ccc(/C=N/NC(=O)c2cc3cc([N+](=O)[O-])ccc3o2)cc1. The summed E-state index contributed by atoms with van der Waals surface area (Å²) in [4.78, 5) is 22.3. The quantitative estimate of drug-likeness (QED) is 0.436. The zero-order valence-electron chi connectivity index (χ0n) is 13.4. The predicted octanol–water partition coefficient (Wildman–Crippen LogP) is 3.67. The molecule has 2 aromatic carbocycles. The van der Waals surface area contributed by atoms with E-state index in [0.717, 1.165) is 12.0 Å². The fourth-order valence-electron chi connectivity index (χ4n) is 2.32. The molecule has 0 fully saturated rings. The molecule has 126 valence electrons. The molecule has 0 radical (unpaired) electrons. The van der Waals surface area contributed by atoms with Gasteiger partial charge < -0.3 is 4.42 Å². The summed E-state index contributed by atoms with van der Waals surface area (Å²) in [5.41, 5.74) is 4.79. The lowest BCUT2D eigenvalue weighted by molar-refractivity contribution is -0.384. The lowest BCUT2D eigenvalue weighted by Gasteiger charge is -1.97. The number of carbonyl (C=O) groups excluding carboxylic acids is 1. The van der Waals surface area contributed by atoms with Crippen LogP contribution >= 0.6 is 0 Å². The van der Waals surface area contributed by atoms with Crippen molar-refractivity contribution in [3.63, 3.8) is 0 Å². The average Bonchev–Trinajstić information content (AvgIpc) is 3.05. The number of nitro groups is 1. The predicted molar refractivity (Wildman–Crippen MR) is 93.7 cm³/mol. The number of furan rings is 1. The minimum absolute atomic E-state index is 0.0361. The Labute approximate surface area is 143 Å². The first-order valence-electron chi connectivity index (χ1n) is 7.67. The second-order valence-corrected chi connectivity index (χ2v) is 5.38. The van der Waals surface area contributed by atoms with E-state index < -0.39 is 10.8 Å². The molecule has 7 nitrogen and oxygen atoms in total. The maximum Gasteiger partial charge on any atom is 0.307 e. The van der Waals surface area contributed by atoms with Gasteiger partial charge in [-0.3, -0.25) is 14.9 Å². The Bertz CT molecular complexity index is 958. The monoisotopic (exact) mass is 337 g/mol. The molecular formula is C18H15N3O4. The van der Waals surface area contributed by atoms with Crippen LogP contribution in [0.2, 0.25) is 0 Å². The van der Waals surface area contributed by atoms with E-state index in [0.29, 0.717) is 11.0 Å². The molecule has 1 heterocycles. The van der Waals surface area contributed by atoms with E-state index in [-0.39, 0.29) is 11.4 Å². The molecule has 1 aromatic heterocycles. The van der Waals surface area contributed by atoms with Crippen molar-refractivity contribution >= 4 is 28.8 Å². The maximum absolute atomic E-state index is 12.1. The topological polar surface area (TPSA) is 97.7 Å². The first-order chi connectivity index (χ1) is 12.1. The van der Waals surface area contributed by atoms with E-state index in [9.17, 15) is 14.9 Å². The molecule has 0 bridgehead atoms. The van der Waals surface area contributed by atoms with Gasteiger partial charge in [-0.05, 0) is 29.7 Å². The number of hydrogen-bond donors (Lipinski definition) is 1. The number of hydrazone groups is 1. The number of rotatable bonds is 5. The van der Waals surface area contributed by atoms with Gasteiger partial charge in [0.15, 0.2) is 5.76 Å². The lowest BCUT2D eigenvalue weighted by atomic mass is 10.1. The van der Waals surface area contributed by atoms with Gasteiger partial charge in [0.1, 0.15) is 5.58 Å². The molecule has 0 unspecified atom stereocenters. The summed E-state index contributed by atoms with van der Waals surface area (Å²) >= 11 is 0. The molecule has 0 aliphatic heterocycles. The van der Waals surface area contributed by atoms with Gasteiger partial charge in [-0.1, -0.05) is 31.2 Å². The maximum atomic E-state index is 12.1. The third-order valence-corrected chi connectivity index (χ3v) is 3.70. The molecular weight excluding hydrogens is 322 g/mol. The number of fused-ring (bicyclic) bond motifs is 1. The summed E-state index contributed by atoms with van der Waals surface area (Å²) in [6, 6.07) is 13.4. The van der Waals surface area contributed by atoms with Crippen LogP contribution in [0.4, 0.5) is 5.69 Å². The van der Waals surface area contributed by atoms with Crippen molar-refractivity contribution in [1.82, 2.24) is 5.43 Å². The Morgan fingerprint density at radius 1 is 1.24 bits per heavy atom. The van der Waals surface area contributed by atoms with Gasteiger partial charge in [0, 0.05) is 17.5 Å². The van der Waals surface area contributed by atoms with Crippen molar-refractivity contribution < 1.29 is 14.1 Å². The first kappa shape index (κ1) is 16.4. The van der Waals surface area contributed by atoms with Crippen LogP contribution in [0.25, 0.3) is 11.0 Å². The second kappa shape index (κ2) is 6.96. The molecule has 0 aliphatic carbocycles. The van der Waals surface area contributed by atoms with Crippen LogP contribution < -0.4 is 5.43 Å². The molecule has 1 N–H and O–H groups in total. The van der Waals surface area contributed by atoms with Crippen molar-refractivity contribution in [3.05, 3.63) is 75.5 Å². The highest BCUT2D eigenvalue weighted by Gasteiger charge is 2.14. The number of nitrogens with one attached hydrogen (secondary N) is 1. The summed E-state index contributed by atoms with van der Waals surface area (Å²) in [5.74, 6) is -0.491. The van der Waals surface area contributed by atoms with Crippen LogP contribution in [0, 0.1) is 10.1 Å². The van der Waals surface area contributed by atoms with Gasteiger partial charge in [-0.2, -0.15) is 5.10 Å². The standard InChI is InChI=1S/C18H15N3O4/c1-2-12-3-5-13(6-4-12)11-19-20-18(22)17-10-14-9-15(21(23)24)7-8-16(14)25-17/h3-11H,2H2,1H3,(H,20,22)/b19-11+. The van der Waals surface area contributed by atoms with Gasteiger partial charge in [-0.25, -0.2) is 5.43 Å². The van der Waals surface area contributed by atoms with Crippen LogP contribution in [0.5, 0.6) is 0 Å². The van der Waals surface area contributed by atoms with Crippen LogP contribution in [0.1, 0.15) is 28.6 Å². The fraction of sp³-hybridized carbons (Fsp3) is 0.111. The second-order valence-electron chi connectivity index (χ2n) is 5.38. The molecule has 0 atom stereocenters. The van der Waals surface area contributed by atoms with Gasteiger partial charge >= 0.3 is 5.91 Å². The molecule has 3 aromatic rings. The molecule has 3 rings (SSSR count). The molecule has 7 heteroatoms. The Hall–Kier alpha value is -3.48. The number of aryl methyl sites for hydroxylation is 1. The Morgan fingerprint density at radius 2 is 2.00 bits per heavy atom. The van der Waals surface area contributed by atoms with Gasteiger partial charge in [0.05, 0.1) is 11.1 Å². The minimum atomic E-state index is -0.528. The first-order valence-corrected chi connectivity index (χ1v) is 7.67. The smallest absolute Gasteiger partial charge is 0.307 e. The normalized spacial score (nSPS) is 11.1. The van der Waals surface area contributed by atoms with Gasteiger partial charge in [0.25, 0.3) is 5.69 Å². The van der Waals surface area contributed by atoms with E-state index in [1.165, 1.54) is 36.0 Å². The number of hydrogen-bond acceptors (Lipinski definition) is 5. The van der Waals surface area contributed by atoms with Crippen molar-refractivity contribution in [2.24, 2.45) is 5.10 Å². The summed E-state index contributed by atoms with van der Waals surface area (Å²) in [6.45, 7) is 2.07. The van der Waals surface area contributed by atoms with E-state index in [4.69, 9.17) is 4.42 Å². The molecule has 1 amide bonds. The lowest BCUT2D eigenvalue weighted by Crippen LogP contribution is -2.16. The number of amides is 1. The molecule has 0 aliphatic rings. The highest BCUT2D eigenvalue weighted by Crippen LogP contribution is 2.24. The van der Waals surface area contributed by atoms with Crippen molar-refractivity contribution in [3.8, 4) is 0 Å². The average molecular weight is 337 g/mol. The zero-order chi connectivity index (χ0) is 17.8. The highest BCUT2D eigenvalue weighted by atomic mass is 16.6. The van der Waals surface area contributed by atoms with E-state index in [2.05, 4.69) is 17.5 Å². The van der Waals surface area contributed by atoms with Crippen molar-refractivity contribution in [2.45, 2.75) is 13.3 Å². The summed E-state index contributed by atoms with van der Waals surface area (Å²) in [5, 5.41) is 15.2. The summed E-state index contributed by atoms with van der Waals surface area (Å²) in [7, 11) is 0. The molecule has 0 spiro atoms. The third kappa shape index (κ3) is 3.72. The van der Waals surface area contributed by atoms with Crippen molar-refractivity contribution in [2.75, 3.05) is 0 Å². The van der Waals surface area contributed by atoms with E-state index >= 15 is 0 Å². The Morgan fingerprint density at radius 3 is 2.68 bits per heavy atom. The number of nitro benzene ring substituents is 1. The number of carbonyl (C=O) groups is 1. The van der Waals surface area contributed by atoms with Gasteiger partial charge in [0.2, 0.25) is 0 Å². The molecule has 0 saturated carbocycles. The summed E-state index contributed by atoms with van der Waals surface area (Å²) in [6.07, 6.45) is 2.49. The van der Waals surface area contributed by atoms with Crippen LogP contribution in [-0.2, 0) is 6.42 Å². The summed E-state index contributed by atoms with van der Waals surface area (Å²) < 4.78 is 5.39. The number of benzene rings is 2. The Kier molecular flexibility index (Phi) is 4.56. The third-order valence-electron chi connectivity index (χ3n) is 3.70. The molecule has 0 saturated heterocycles. The number of nitrogens with zero attached hydrogens (tertiary/aromatic N) is 2. The van der Waals surface area contributed by atoms with Gasteiger partial charge in [-0.15, -0.1) is 0 Å². The van der Waals surface area contributed by atoms with E-state index in [1.54, 1.807) is 0 Å². The minimum Gasteiger partial charge on any atom is -0.451 e.